The first-order valence-electron chi connectivity index (χ1n) is 7.77. The van der Waals surface area contributed by atoms with E-state index >= 15 is 0 Å². The first kappa shape index (κ1) is 14.8. The van der Waals surface area contributed by atoms with Crippen molar-refractivity contribution < 1.29 is 18.4 Å². The summed E-state index contributed by atoms with van der Waals surface area (Å²) in [5.74, 6) is 0.361. The average Bonchev–Trinajstić information content (AvgIpc) is 3.28. The molecule has 0 spiro atoms. The number of carbonyl (C=O) groups excluding carboxylic acids is 2. The zero-order valence-corrected chi connectivity index (χ0v) is 13.0. The molecule has 0 bridgehead atoms. The molecule has 0 unspecified atom stereocenters. The van der Waals surface area contributed by atoms with Crippen LogP contribution in [-0.4, -0.2) is 33.1 Å². The molecule has 1 aromatic carbocycles. The van der Waals surface area contributed by atoms with Crippen molar-refractivity contribution in [2.75, 3.05) is 4.90 Å². The lowest BCUT2D eigenvalue weighted by atomic mass is 10.2. The highest BCUT2D eigenvalue weighted by Gasteiger charge is 2.44. The van der Waals surface area contributed by atoms with Gasteiger partial charge in [-0.2, -0.15) is 0 Å². The summed E-state index contributed by atoms with van der Waals surface area (Å²) in [4.78, 5) is 27.5. The van der Waals surface area contributed by atoms with Crippen LogP contribution in [0.3, 0.4) is 0 Å². The summed E-state index contributed by atoms with van der Waals surface area (Å²) in [5.41, 5.74) is 0.467. The third-order valence-electron chi connectivity index (χ3n) is 4.25. The number of hydrogen-bond acceptors (Lipinski definition) is 5. The quantitative estimate of drug-likeness (QED) is 0.805. The van der Waals surface area contributed by atoms with Gasteiger partial charge in [0.25, 0.3) is 5.91 Å². The molecule has 7 nitrogen and oxygen atoms in total. The number of hydrogen-bond donors (Lipinski definition) is 0. The van der Waals surface area contributed by atoms with Gasteiger partial charge in [0.1, 0.15) is 18.4 Å². The smallest absolute Gasteiger partial charge is 0.332 e. The minimum Gasteiger partial charge on any atom is -0.423 e. The van der Waals surface area contributed by atoms with Crippen LogP contribution >= 0.6 is 0 Å². The number of anilines is 1. The number of nitrogens with zero attached hydrogens (tertiary/aromatic N) is 4. The van der Waals surface area contributed by atoms with E-state index in [4.69, 9.17) is 4.42 Å². The van der Waals surface area contributed by atoms with Gasteiger partial charge in [0.2, 0.25) is 11.8 Å². The maximum Gasteiger partial charge on any atom is 0.332 e. The van der Waals surface area contributed by atoms with Gasteiger partial charge >= 0.3 is 6.03 Å². The number of amides is 3. The van der Waals surface area contributed by atoms with E-state index in [0.29, 0.717) is 17.5 Å². The Balaban J connectivity index is 1.56. The van der Waals surface area contributed by atoms with E-state index < -0.39 is 17.9 Å². The number of aromatic nitrogens is 2. The van der Waals surface area contributed by atoms with E-state index in [-0.39, 0.29) is 18.3 Å². The van der Waals surface area contributed by atoms with Gasteiger partial charge < -0.3 is 4.42 Å². The molecule has 1 saturated carbocycles. The van der Waals surface area contributed by atoms with Crippen LogP contribution in [0.15, 0.2) is 28.7 Å². The lowest BCUT2D eigenvalue weighted by Crippen LogP contribution is -2.33. The van der Waals surface area contributed by atoms with Crippen molar-refractivity contribution in [1.82, 2.24) is 15.1 Å². The first-order valence-corrected chi connectivity index (χ1v) is 7.77. The number of halogens is 1. The van der Waals surface area contributed by atoms with Gasteiger partial charge in [0.15, 0.2) is 0 Å². The summed E-state index contributed by atoms with van der Waals surface area (Å²) < 4.78 is 18.6. The standard InChI is InChI=1S/C16H15FN4O3/c1-9-15(22)20(8-13-18-19-14(24-13)10-2-3-10)16(23)21(9)12-6-4-11(17)5-7-12/h4-7,9-10H,2-3,8H2,1H3/t9-/m1/s1. The molecule has 2 aliphatic rings. The molecular weight excluding hydrogens is 315 g/mol. The molecule has 1 saturated heterocycles. The highest BCUT2D eigenvalue weighted by Crippen LogP contribution is 2.39. The van der Waals surface area contributed by atoms with E-state index in [1.54, 1.807) is 6.92 Å². The summed E-state index contributed by atoms with van der Waals surface area (Å²) in [5, 5.41) is 7.87. The van der Waals surface area contributed by atoms with E-state index in [0.717, 1.165) is 17.7 Å². The van der Waals surface area contributed by atoms with E-state index in [2.05, 4.69) is 10.2 Å². The van der Waals surface area contributed by atoms with Gasteiger partial charge in [0, 0.05) is 11.6 Å². The zero-order chi connectivity index (χ0) is 16.8. The molecule has 0 N–H and O–H groups in total. The Bertz CT molecular complexity index is 800. The van der Waals surface area contributed by atoms with Gasteiger partial charge in [-0.1, -0.05) is 0 Å². The normalized spacial score (nSPS) is 21.0. The SMILES string of the molecule is C[C@@H]1C(=O)N(Cc2nnc(C3CC3)o2)C(=O)N1c1ccc(F)cc1. The molecule has 1 aliphatic carbocycles. The average molecular weight is 330 g/mol. The fraction of sp³-hybridized carbons (Fsp3) is 0.375. The molecule has 2 heterocycles. The van der Waals surface area contributed by atoms with Crippen LogP contribution in [0.1, 0.15) is 37.5 Å². The predicted molar refractivity (Wildman–Crippen MR) is 80.6 cm³/mol. The Labute approximate surface area is 137 Å². The van der Waals surface area contributed by atoms with Crippen LogP contribution in [0.2, 0.25) is 0 Å². The topological polar surface area (TPSA) is 79.5 Å². The van der Waals surface area contributed by atoms with Crippen LogP contribution in [-0.2, 0) is 11.3 Å². The van der Waals surface area contributed by atoms with E-state index in [1.807, 2.05) is 0 Å². The minimum atomic E-state index is -0.672. The largest absolute Gasteiger partial charge is 0.423 e. The van der Waals surface area contributed by atoms with Crippen molar-refractivity contribution in [3.8, 4) is 0 Å². The number of benzene rings is 1. The highest BCUT2D eigenvalue weighted by molar-refractivity contribution is 6.13. The van der Waals surface area contributed by atoms with Gasteiger partial charge in [-0.25, -0.2) is 9.18 Å². The Morgan fingerprint density at radius 2 is 1.92 bits per heavy atom. The second-order valence-corrected chi connectivity index (χ2v) is 6.04. The Kier molecular flexibility index (Phi) is 3.33. The minimum absolute atomic E-state index is 0.0561. The van der Waals surface area contributed by atoms with Crippen LogP contribution in [0, 0.1) is 5.82 Å². The van der Waals surface area contributed by atoms with Crippen LogP contribution in [0.4, 0.5) is 14.9 Å². The molecule has 3 amide bonds. The van der Waals surface area contributed by atoms with Crippen molar-refractivity contribution in [3.05, 3.63) is 41.9 Å². The van der Waals surface area contributed by atoms with Crippen LogP contribution < -0.4 is 4.90 Å². The Hall–Kier alpha value is -2.77. The molecule has 2 fully saturated rings. The van der Waals surface area contributed by atoms with Gasteiger partial charge in [0.05, 0.1) is 0 Å². The summed E-state index contributed by atoms with van der Waals surface area (Å²) in [7, 11) is 0. The van der Waals surface area contributed by atoms with Gasteiger partial charge in [-0.05, 0) is 44.0 Å². The first-order chi connectivity index (χ1) is 11.5. The van der Waals surface area contributed by atoms with Crippen molar-refractivity contribution in [2.24, 2.45) is 0 Å². The summed E-state index contributed by atoms with van der Waals surface area (Å²) in [6.45, 7) is 1.58. The number of imide groups is 1. The monoisotopic (exact) mass is 330 g/mol. The Morgan fingerprint density at radius 3 is 2.58 bits per heavy atom. The van der Waals surface area contributed by atoms with Crippen molar-refractivity contribution in [1.29, 1.82) is 0 Å². The molecule has 1 aromatic heterocycles. The second kappa shape index (κ2) is 5.40. The lowest BCUT2D eigenvalue weighted by molar-refractivity contribution is -0.127. The fourth-order valence-electron chi connectivity index (χ4n) is 2.77. The van der Waals surface area contributed by atoms with Crippen LogP contribution in [0.25, 0.3) is 0 Å². The van der Waals surface area contributed by atoms with Crippen molar-refractivity contribution in [3.63, 3.8) is 0 Å². The number of carbonyl (C=O) groups is 2. The molecule has 4 rings (SSSR count). The molecule has 24 heavy (non-hydrogen) atoms. The van der Waals surface area contributed by atoms with Gasteiger partial charge in [-0.15, -0.1) is 10.2 Å². The third kappa shape index (κ3) is 2.44. The van der Waals surface area contributed by atoms with E-state index in [1.165, 1.54) is 29.2 Å². The molecule has 1 atom stereocenters. The third-order valence-corrected chi connectivity index (χ3v) is 4.25. The molecule has 1 aliphatic heterocycles. The van der Waals surface area contributed by atoms with Crippen molar-refractivity contribution >= 4 is 17.6 Å². The molecule has 2 aromatic rings. The molecule has 124 valence electrons. The second-order valence-electron chi connectivity index (χ2n) is 6.04. The number of urea groups is 1. The van der Waals surface area contributed by atoms with Gasteiger partial charge in [-0.3, -0.25) is 14.6 Å². The lowest BCUT2D eigenvalue weighted by Gasteiger charge is -2.19. The maximum absolute atomic E-state index is 13.1. The number of rotatable bonds is 4. The maximum atomic E-state index is 13.1. The molecule has 0 radical (unpaired) electrons. The van der Waals surface area contributed by atoms with Crippen LogP contribution in [0.5, 0.6) is 0 Å². The highest BCUT2D eigenvalue weighted by atomic mass is 19.1. The fourth-order valence-corrected chi connectivity index (χ4v) is 2.77. The molecule has 8 heteroatoms. The summed E-state index contributed by atoms with van der Waals surface area (Å²) in [6, 6.07) is 4.29. The van der Waals surface area contributed by atoms with E-state index in [9.17, 15) is 14.0 Å². The zero-order valence-electron chi connectivity index (χ0n) is 13.0. The summed E-state index contributed by atoms with van der Waals surface area (Å²) >= 11 is 0. The molecular formula is C16H15FN4O3. The van der Waals surface area contributed by atoms with Crippen molar-refractivity contribution in [2.45, 2.75) is 38.3 Å². The summed E-state index contributed by atoms with van der Waals surface area (Å²) in [6.07, 6.45) is 2.05. The predicted octanol–water partition coefficient (Wildman–Crippen LogP) is 2.44. The Morgan fingerprint density at radius 1 is 1.21 bits per heavy atom.